The number of halogens is 4. The molecular weight excluding hydrogens is 416 g/mol. The van der Waals surface area contributed by atoms with Crippen molar-refractivity contribution in [1.29, 1.82) is 10.5 Å². The van der Waals surface area contributed by atoms with Crippen LogP contribution in [0.4, 0.5) is 28.9 Å². The first-order valence-corrected chi connectivity index (χ1v) is 9.03. The van der Waals surface area contributed by atoms with E-state index in [4.69, 9.17) is 10.5 Å². The van der Waals surface area contributed by atoms with E-state index in [0.717, 1.165) is 24.3 Å². The minimum absolute atomic E-state index is 0.157. The Labute approximate surface area is 173 Å². The summed E-state index contributed by atoms with van der Waals surface area (Å²) < 4.78 is 60.0. The molecule has 2 aliphatic heterocycles. The smallest absolute Gasteiger partial charge is 0.266 e. The fraction of sp³-hybridized carbons (Fsp3) is 0.238. The van der Waals surface area contributed by atoms with Gasteiger partial charge in [0.1, 0.15) is 0 Å². The van der Waals surface area contributed by atoms with Crippen molar-refractivity contribution in [2.45, 2.75) is 30.3 Å². The molecule has 6 nitrogen and oxygen atoms in total. The van der Waals surface area contributed by atoms with E-state index in [2.05, 4.69) is 0 Å². The molecule has 0 aliphatic carbocycles. The first-order valence-electron chi connectivity index (χ1n) is 9.03. The predicted molar refractivity (Wildman–Crippen MR) is 99.6 cm³/mol. The largest absolute Gasteiger partial charge is 0.280 e. The van der Waals surface area contributed by atoms with Gasteiger partial charge in [-0.25, -0.2) is 17.6 Å². The molecule has 2 aromatic rings. The molecule has 4 rings (SSSR count). The summed E-state index contributed by atoms with van der Waals surface area (Å²) in [6.07, 6.45) is -11.5. The van der Waals surface area contributed by atoms with E-state index < -0.39 is 42.2 Å². The van der Waals surface area contributed by atoms with Crippen molar-refractivity contribution in [1.82, 2.24) is 0 Å². The molecule has 2 fully saturated rings. The van der Waals surface area contributed by atoms with Gasteiger partial charge >= 0.3 is 0 Å². The molecule has 2 aliphatic rings. The lowest BCUT2D eigenvalue weighted by molar-refractivity contribution is -0.122. The number of nitriles is 2. The lowest BCUT2D eigenvalue weighted by Crippen LogP contribution is -2.65. The van der Waals surface area contributed by atoms with Gasteiger partial charge in [0.15, 0.2) is 18.0 Å². The van der Waals surface area contributed by atoms with Crippen LogP contribution in [-0.4, -0.2) is 42.2 Å². The van der Waals surface area contributed by atoms with E-state index in [1.807, 2.05) is 12.1 Å². The van der Waals surface area contributed by atoms with Crippen LogP contribution < -0.4 is 9.80 Å². The van der Waals surface area contributed by atoms with Crippen molar-refractivity contribution >= 4 is 23.2 Å². The van der Waals surface area contributed by atoms with Crippen LogP contribution in [0.25, 0.3) is 0 Å². The van der Waals surface area contributed by atoms with Crippen LogP contribution in [0.2, 0.25) is 0 Å². The Balaban J connectivity index is 1.96. The maximum absolute atomic E-state index is 15.3. The van der Waals surface area contributed by atoms with Crippen LogP contribution >= 0.6 is 0 Å². The third kappa shape index (κ3) is 2.61. The van der Waals surface area contributed by atoms with Crippen LogP contribution in [0.1, 0.15) is 11.1 Å². The second-order valence-electron chi connectivity index (χ2n) is 7.05. The summed E-state index contributed by atoms with van der Waals surface area (Å²) in [4.78, 5) is 26.1. The zero-order valence-corrected chi connectivity index (χ0v) is 15.5. The van der Waals surface area contributed by atoms with Crippen molar-refractivity contribution < 1.29 is 27.2 Å². The third-order valence-electron chi connectivity index (χ3n) is 5.46. The number of rotatable bonds is 2. The summed E-state index contributed by atoms with van der Waals surface area (Å²) in [6.45, 7) is 0. The number of anilines is 2. The van der Waals surface area contributed by atoms with Gasteiger partial charge in [-0.3, -0.25) is 19.4 Å². The highest BCUT2D eigenvalue weighted by Crippen LogP contribution is 2.51. The number of hydrogen-bond acceptors (Lipinski definition) is 4. The Hall–Kier alpha value is -3.92. The minimum atomic E-state index is -2.96. The zero-order valence-electron chi connectivity index (χ0n) is 15.5. The van der Waals surface area contributed by atoms with Gasteiger partial charge in [-0.05, 0) is 48.5 Å². The number of hydrogen-bond donors (Lipinski definition) is 0. The zero-order chi connectivity index (χ0) is 22.5. The molecule has 156 valence electrons. The summed E-state index contributed by atoms with van der Waals surface area (Å²) in [5.74, 6) is -2.97. The number of carbonyl (C=O) groups is 2. The molecular formula is C21H12F4N4O2. The Bertz CT molecular complexity index is 1050. The Morgan fingerprint density at radius 2 is 1.00 bits per heavy atom. The normalized spacial score (nSPS) is 30.0. The van der Waals surface area contributed by atoms with E-state index in [0.29, 0.717) is 9.80 Å². The first-order chi connectivity index (χ1) is 14.8. The van der Waals surface area contributed by atoms with Gasteiger partial charge in [-0.15, -0.1) is 0 Å². The molecule has 0 saturated carbocycles. The molecule has 2 heterocycles. The predicted octanol–water partition coefficient (Wildman–Crippen LogP) is 2.87. The van der Waals surface area contributed by atoms with E-state index in [1.165, 1.54) is 24.3 Å². The molecule has 10 heteroatoms. The van der Waals surface area contributed by atoms with E-state index in [9.17, 15) is 18.4 Å². The lowest BCUT2D eigenvalue weighted by Gasteiger charge is -2.43. The van der Waals surface area contributed by atoms with Crippen LogP contribution in [0.5, 0.6) is 0 Å². The highest BCUT2D eigenvalue weighted by Gasteiger charge is 2.75. The highest BCUT2D eigenvalue weighted by molar-refractivity contribution is 6.10. The number of nitrogens with zero attached hydrogens (tertiary/aromatic N) is 4. The fourth-order valence-corrected chi connectivity index (χ4v) is 4.06. The molecule has 0 aromatic heterocycles. The SMILES string of the molecule is N#Cc1ccc(N2C(=O)C(F)C(F)C23C(F)C(F)C(=O)N3c2ccc(C#N)cc2)cc1. The fourth-order valence-electron chi connectivity index (χ4n) is 4.06. The lowest BCUT2D eigenvalue weighted by atomic mass is 9.97. The first kappa shape index (κ1) is 20.4. The summed E-state index contributed by atoms with van der Waals surface area (Å²) in [5, 5.41) is 17.9. The van der Waals surface area contributed by atoms with Gasteiger partial charge in [0.25, 0.3) is 11.8 Å². The standard InChI is InChI=1S/C21H12F4N4O2/c22-15-17(24)21(28(19(15)30)13-5-1-11(9-26)2-6-13)18(25)16(23)20(31)29(21)14-7-3-12(10-27)4-8-14/h1-8,15-18H. The minimum Gasteiger partial charge on any atom is -0.280 e. The van der Waals surface area contributed by atoms with Crippen LogP contribution in [0, 0.1) is 22.7 Å². The van der Waals surface area contributed by atoms with Gasteiger partial charge in [0.05, 0.1) is 23.3 Å². The van der Waals surface area contributed by atoms with Crippen molar-refractivity contribution in [3.63, 3.8) is 0 Å². The third-order valence-corrected chi connectivity index (χ3v) is 5.46. The second kappa shape index (κ2) is 7.10. The molecule has 0 radical (unpaired) electrons. The molecule has 4 atom stereocenters. The van der Waals surface area contributed by atoms with E-state index in [1.54, 1.807) is 0 Å². The van der Waals surface area contributed by atoms with Crippen LogP contribution in [0.3, 0.4) is 0 Å². The number of amides is 2. The molecule has 0 N–H and O–H groups in total. The molecule has 1 spiro atoms. The highest BCUT2D eigenvalue weighted by atomic mass is 19.2. The van der Waals surface area contributed by atoms with Gasteiger partial charge < -0.3 is 0 Å². The molecule has 4 unspecified atom stereocenters. The second-order valence-corrected chi connectivity index (χ2v) is 7.05. The quantitative estimate of drug-likeness (QED) is 0.689. The van der Waals surface area contributed by atoms with Crippen molar-refractivity contribution in [3.05, 3.63) is 59.7 Å². The Morgan fingerprint density at radius 3 is 1.29 bits per heavy atom. The molecule has 2 saturated heterocycles. The summed E-state index contributed by atoms with van der Waals surface area (Å²) in [7, 11) is 0. The Morgan fingerprint density at radius 1 is 0.677 bits per heavy atom. The van der Waals surface area contributed by atoms with Crippen LogP contribution in [-0.2, 0) is 9.59 Å². The number of alkyl halides is 4. The van der Waals surface area contributed by atoms with Crippen molar-refractivity contribution in [2.75, 3.05) is 9.80 Å². The average molecular weight is 428 g/mol. The maximum atomic E-state index is 15.3. The molecule has 2 aromatic carbocycles. The monoisotopic (exact) mass is 428 g/mol. The summed E-state index contributed by atoms with van der Waals surface area (Å²) in [5.41, 5.74) is -3.07. The molecule has 31 heavy (non-hydrogen) atoms. The van der Waals surface area contributed by atoms with Crippen molar-refractivity contribution in [2.24, 2.45) is 0 Å². The summed E-state index contributed by atoms with van der Waals surface area (Å²) in [6, 6.07) is 13.2. The molecule has 2 amide bonds. The summed E-state index contributed by atoms with van der Waals surface area (Å²) >= 11 is 0. The average Bonchev–Trinajstić information content (AvgIpc) is 3.12. The Kier molecular flexibility index (Phi) is 4.66. The van der Waals surface area contributed by atoms with E-state index in [-0.39, 0.29) is 22.5 Å². The number of benzene rings is 2. The van der Waals surface area contributed by atoms with Gasteiger partial charge in [0, 0.05) is 11.4 Å². The topological polar surface area (TPSA) is 88.2 Å². The van der Waals surface area contributed by atoms with Gasteiger partial charge in [-0.2, -0.15) is 10.5 Å². The maximum Gasteiger partial charge on any atom is 0.266 e. The van der Waals surface area contributed by atoms with Crippen LogP contribution in [0.15, 0.2) is 48.5 Å². The van der Waals surface area contributed by atoms with Crippen molar-refractivity contribution in [3.8, 4) is 12.1 Å². The number of carbonyl (C=O) groups excluding carboxylic acids is 2. The van der Waals surface area contributed by atoms with Gasteiger partial charge in [-0.1, -0.05) is 0 Å². The molecule has 0 bridgehead atoms. The van der Waals surface area contributed by atoms with Gasteiger partial charge in [0.2, 0.25) is 12.3 Å². The van der Waals surface area contributed by atoms with E-state index >= 15 is 8.78 Å².